The summed E-state index contributed by atoms with van der Waals surface area (Å²) in [5, 5.41) is 3.60. The Bertz CT molecular complexity index is 1170. The lowest BCUT2D eigenvalue weighted by Crippen LogP contribution is -2.06. The number of aryl methyl sites for hydroxylation is 5. The molecule has 0 aromatic heterocycles. The highest BCUT2D eigenvalue weighted by Gasteiger charge is 2.12. The minimum absolute atomic E-state index is 0.904. The molecule has 1 N–H and O–H groups in total. The summed E-state index contributed by atoms with van der Waals surface area (Å²) in [6.45, 7) is 16.5. The van der Waals surface area contributed by atoms with Crippen molar-refractivity contribution in [2.45, 2.75) is 87.0 Å². The zero-order valence-corrected chi connectivity index (χ0v) is 23.1. The molecule has 0 saturated carbocycles. The molecule has 0 unspecified atom stereocenters. The van der Waals surface area contributed by atoms with E-state index in [1.165, 1.54) is 87.0 Å². The van der Waals surface area contributed by atoms with Gasteiger partial charge < -0.3 is 5.32 Å². The number of hydrogen-bond donors (Lipinski definition) is 1. The second kappa shape index (κ2) is 12.8. The summed E-state index contributed by atoms with van der Waals surface area (Å²) in [4.78, 5) is 0. The molecule has 1 heteroatoms. The fourth-order valence-electron chi connectivity index (χ4n) is 5.00. The largest absolute Gasteiger partial charge is 0.381 e. The molecule has 0 amide bonds. The van der Waals surface area contributed by atoms with Crippen molar-refractivity contribution in [2.75, 3.05) is 11.9 Å². The Balaban J connectivity index is 1.78. The first kappa shape index (κ1) is 26.8. The molecule has 3 rings (SSSR count). The molecule has 0 atom stereocenters. The number of hydrogen-bond acceptors (Lipinski definition) is 1. The van der Waals surface area contributed by atoms with Crippen LogP contribution in [0.5, 0.6) is 0 Å². The van der Waals surface area contributed by atoms with Crippen LogP contribution in [-0.4, -0.2) is 6.54 Å². The fourth-order valence-corrected chi connectivity index (χ4v) is 5.00. The molecule has 0 aliphatic carbocycles. The molecule has 186 valence electrons. The average Bonchev–Trinajstić information content (AvgIpc) is 2.85. The van der Waals surface area contributed by atoms with Gasteiger partial charge in [0, 0.05) is 12.2 Å². The van der Waals surface area contributed by atoms with Gasteiger partial charge in [0.1, 0.15) is 0 Å². The quantitative estimate of drug-likeness (QED) is 0.219. The minimum Gasteiger partial charge on any atom is -0.381 e. The zero-order chi connectivity index (χ0) is 25.4. The topological polar surface area (TPSA) is 12.0 Å². The summed E-state index contributed by atoms with van der Waals surface area (Å²) >= 11 is 0. The Hall–Kier alpha value is -2.80. The first-order chi connectivity index (χ1) is 16.8. The van der Waals surface area contributed by atoms with E-state index >= 15 is 0 Å². The van der Waals surface area contributed by atoms with E-state index in [1.807, 2.05) is 0 Å². The van der Waals surface area contributed by atoms with Crippen molar-refractivity contribution in [3.8, 4) is 11.1 Å². The molecule has 1 nitrogen and oxygen atoms in total. The average molecular weight is 468 g/mol. The maximum atomic E-state index is 3.60. The highest BCUT2D eigenvalue weighted by Crippen LogP contribution is 2.31. The predicted molar refractivity (Wildman–Crippen MR) is 156 cm³/mol. The molecular formula is C34H45N. The van der Waals surface area contributed by atoms with Gasteiger partial charge in [-0.25, -0.2) is 0 Å². The summed E-state index contributed by atoms with van der Waals surface area (Å²) in [5.41, 5.74) is 15.4. The van der Waals surface area contributed by atoms with Gasteiger partial charge in [0.25, 0.3) is 0 Å². The maximum Gasteiger partial charge on any atom is 0.0375 e. The SMILES string of the molecule is C/C=C(/C)CNc1cc(C)c(CCc2cccc(-c3cccc(CCCCC)c3C)c2C)cc1C. The van der Waals surface area contributed by atoms with E-state index in [0.717, 1.165) is 19.4 Å². The number of nitrogens with one attached hydrogen (secondary N) is 1. The molecule has 0 bridgehead atoms. The lowest BCUT2D eigenvalue weighted by Gasteiger charge is -2.17. The van der Waals surface area contributed by atoms with Crippen LogP contribution in [0.1, 0.15) is 79.0 Å². The molecule has 3 aromatic rings. The van der Waals surface area contributed by atoms with Gasteiger partial charge in [-0.3, -0.25) is 0 Å². The van der Waals surface area contributed by atoms with Crippen molar-refractivity contribution in [2.24, 2.45) is 0 Å². The normalized spacial score (nSPS) is 11.7. The fraction of sp³-hybridized carbons (Fsp3) is 0.412. The van der Waals surface area contributed by atoms with Gasteiger partial charge >= 0.3 is 0 Å². The van der Waals surface area contributed by atoms with Crippen molar-refractivity contribution in [3.63, 3.8) is 0 Å². The summed E-state index contributed by atoms with van der Waals surface area (Å²) in [6, 6.07) is 18.4. The third kappa shape index (κ3) is 6.88. The third-order valence-corrected chi connectivity index (χ3v) is 7.63. The third-order valence-electron chi connectivity index (χ3n) is 7.63. The standard InChI is InChI=1S/C34H45N/c1-8-10-11-14-29-15-12-17-32(27(29)6)33-18-13-16-30(28(33)7)19-20-31-21-26(5)34(22-25(31)4)35-23-24(3)9-2/h9,12-13,15-18,21-22,35H,8,10-11,14,19-20,23H2,1-7H3/b24-9-. The van der Waals surface area contributed by atoms with E-state index in [9.17, 15) is 0 Å². The van der Waals surface area contributed by atoms with Crippen LogP contribution in [0.2, 0.25) is 0 Å². The van der Waals surface area contributed by atoms with E-state index in [-0.39, 0.29) is 0 Å². The Labute approximate surface area is 214 Å². The lowest BCUT2D eigenvalue weighted by atomic mass is 9.88. The van der Waals surface area contributed by atoms with Crippen LogP contribution in [-0.2, 0) is 19.3 Å². The molecule has 3 aromatic carbocycles. The van der Waals surface area contributed by atoms with Crippen LogP contribution < -0.4 is 5.32 Å². The molecular weight excluding hydrogens is 422 g/mol. The molecule has 0 radical (unpaired) electrons. The minimum atomic E-state index is 0.904. The number of unbranched alkanes of at least 4 members (excludes halogenated alkanes) is 2. The zero-order valence-electron chi connectivity index (χ0n) is 23.1. The van der Waals surface area contributed by atoms with Crippen molar-refractivity contribution < 1.29 is 0 Å². The van der Waals surface area contributed by atoms with Crippen LogP contribution in [0.4, 0.5) is 5.69 Å². The number of anilines is 1. The van der Waals surface area contributed by atoms with Crippen molar-refractivity contribution >= 4 is 5.69 Å². The Morgan fingerprint density at radius 1 is 0.743 bits per heavy atom. The van der Waals surface area contributed by atoms with E-state index < -0.39 is 0 Å². The molecule has 0 aliphatic rings. The monoisotopic (exact) mass is 467 g/mol. The Kier molecular flexibility index (Phi) is 9.78. The summed E-state index contributed by atoms with van der Waals surface area (Å²) < 4.78 is 0. The van der Waals surface area contributed by atoms with E-state index in [2.05, 4.69) is 108 Å². The highest BCUT2D eigenvalue weighted by molar-refractivity contribution is 5.72. The summed E-state index contributed by atoms with van der Waals surface area (Å²) in [5.74, 6) is 0. The molecule has 0 saturated heterocycles. The Morgan fingerprint density at radius 3 is 1.94 bits per heavy atom. The van der Waals surface area contributed by atoms with E-state index in [0.29, 0.717) is 0 Å². The predicted octanol–water partition coefficient (Wildman–Crippen LogP) is 9.48. The molecule has 35 heavy (non-hydrogen) atoms. The lowest BCUT2D eigenvalue weighted by molar-refractivity contribution is 0.715. The molecule has 0 aliphatic heterocycles. The van der Waals surface area contributed by atoms with Crippen LogP contribution in [0.25, 0.3) is 11.1 Å². The highest BCUT2D eigenvalue weighted by atomic mass is 14.9. The van der Waals surface area contributed by atoms with Crippen LogP contribution >= 0.6 is 0 Å². The van der Waals surface area contributed by atoms with Gasteiger partial charge in [-0.15, -0.1) is 0 Å². The smallest absolute Gasteiger partial charge is 0.0375 e. The first-order valence-electron chi connectivity index (χ1n) is 13.5. The summed E-state index contributed by atoms with van der Waals surface area (Å²) in [6.07, 6.45) is 9.36. The van der Waals surface area contributed by atoms with E-state index in [4.69, 9.17) is 0 Å². The second-order valence-corrected chi connectivity index (χ2v) is 10.2. The van der Waals surface area contributed by atoms with Crippen molar-refractivity contribution in [1.29, 1.82) is 0 Å². The maximum absolute atomic E-state index is 3.60. The van der Waals surface area contributed by atoms with Gasteiger partial charge in [0.05, 0.1) is 0 Å². The van der Waals surface area contributed by atoms with Crippen molar-refractivity contribution in [3.05, 3.63) is 99.1 Å². The van der Waals surface area contributed by atoms with Crippen LogP contribution in [0, 0.1) is 27.7 Å². The van der Waals surface area contributed by atoms with Gasteiger partial charge in [-0.05, 0) is 123 Å². The van der Waals surface area contributed by atoms with Gasteiger partial charge in [0.2, 0.25) is 0 Å². The molecule has 0 spiro atoms. The second-order valence-electron chi connectivity index (χ2n) is 10.2. The number of allylic oxidation sites excluding steroid dienone is 1. The van der Waals surface area contributed by atoms with Crippen LogP contribution in [0.15, 0.2) is 60.2 Å². The van der Waals surface area contributed by atoms with Gasteiger partial charge in [-0.2, -0.15) is 0 Å². The molecule has 0 fully saturated rings. The Morgan fingerprint density at radius 2 is 1.34 bits per heavy atom. The van der Waals surface area contributed by atoms with Crippen molar-refractivity contribution in [1.82, 2.24) is 0 Å². The molecule has 0 heterocycles. The van der Waals surface area contributed by atoms with Gasteiger partial charge in [0.15, 0.2) is 0 Å². The summed E-state index contributed by atoms with van der Waals surface area (Å²) in [7, 11) is 0. The number of rotatable bonds is 11. The van der Waals surface area contributed by atoms with Gasteiger partial charge in [-0.1, -0.05) is 73.9 Å². The van der Waals surface area contributed by atoms with E-state index in [1.54, 1.807) is 0 Å². The first-order valence-corrected chi connectivity index (χ1v) is 13.5. The van der Waals surface area contributed by atoms with Crippen LogP contribution in [0.3, 0.4) is 0 Å². The number of benzene rings is 3.